The first-order valence-corrected chi connectivity index (χ1v) is 11.4. The molecule has 3 rings (SSSR count). The fourth-order valence-electron chi connectivity index (χ4n) is 3.05. The van der Waals surface area contributed by atoms with Crippen molar-refractivity contribution in [3.05, 3.63) is 83.8 Å². The number of hydrogen-bond donors (Lipinski definition) is 0. The van der Waals surface area contributed by atoms with E-state index in [1.165, 1.54) is 40.9 Å². The first-order chi connectivity index (χ1) is 15.4. The number of carbonyl (C=O) groups excluding carboxylic acids is 2. The van der Waals surface area contributed by atoms with Crippen LogP contribution in [0.4, 0.5) is 5.69 Å². The van der Waals surface area contributed by atoms with Crippen molar-refractivity contribution in [3.8, 4) is 0 Å². The molecule has 0 amide bonds. The van der Waals surface area contributed by atoms with Gasteiger partial charge < -0.3 is 13.9 Å². The van der Waals surface area contributed by atoms with Gasteiger partial charge >= 0.3 is 11.9 Å². The maximum atomic E-state index is 13.2. The van der Waals surface area contributed by atoms with E-state index in [1.54, 1.807) is 44.2 Å². The number of rotatable bonds is 9. The number of sulfonamides is 1. The van der Waals surface area contributed by atoms with Crippen LogP contribution in [0.2, 0.25) is 0 Å². The van der Waals surface area contributed by atoms with E-state index < -0.39 is 22.0 Å². The second kappa shape index (κ2) is 10.1. The fourth-order valence-corrected chi connectivity index (χ4v) is 4.57. The van der Waals surface area contributed by atoms with Crippen LogP contribution in [-0.4, -0.2) is 33.5 Å². The van der Waals surface area contributed by atoms with Gasteiger partial charge in [0.25, 0.3) is 10.0 Å². The zero-order valence-electron chi connectivity index (χ0n) is 17.7. The molecule has 9 heteroatoms. The summed E-state index contributed by atoms with van der Waals surface area (Å²) in [6.45, 7) is 3.52. The summed E-state index contributed by atoms with van der Waals surface area (Å²) >= 11 is 0. The summed E-state index contributed by atoms with van der Waals surface area (Å²) in [6, 6.07) is 15.7. The number of benzene rings is 2. The highest BCUT2D eigenvalue weighted by atomic mass is 32.2. The quantitative estimate of drug-likeness (QED) is 0.447. The van der Waals surface area contributed by atoms with Crippen molar-refractivity contribution in [1.82, 2.24) is 0 Å². The SMILES string of the molecule is CCOC(=O)c1ccoc1COC(=O)c1cccc(S(=O)(=O)N(CC)c2ccccc2)c1. The molecule has 0 bridgehead atoms. The van der Waals surface area contributed by atoms with Gasteiger partial charge in [0.1, 0.15) is 5.56 Å². The maximum absolute atomic E-state index is 13.2. The maximum Gasteiger partial charge on any atom is 0.341 e. The van der Waals surface area contributed by atoms with Crippen LogP contribution in [0.1, 0.15) is 40.3 Å². The lowest BCUT2D eigenvalue weighted by atomic mass is 10.2. The van der Waals surface area contributed by atoms with E-state index in [1.807, 2.05) is 0 Å². The molecule has 0 unspecified atom stereocenters. The highest BCUT2D eigenvalue weighted by Gasteiger charge is 2.25. The highest BCUT2D eigenvalue weighted by Crippen LogP contribution is 2.24. The van der Waals surface area contributed by atoms with Gasteiger partial charge in [0.05, 0.1) is 29.0 Å². The third-order valence-corrected chi connectivity index (χ3v) is 6.46. The molecule has 3 aromatic rings. The first-order valence-electron chi connectivity index (χ1n) is 9.97. The van der Waals surface area contributed by atoms with Crippen molar-refractivity contribution in [2.45, 2.75) is 25.3 Å². The topological polar surface area (TPSA) is 103 Å². The summed E-state index contributed by atoms with van der Waals surface area (Å²) in [4.78, 5) is 24.4. The lowest BCUT2D eigenvalue weighted by molar-refractivity contribution is 0.0422. The normalized spacial score (nSPS) is 11.1. The van der Waals surface area contributed by atoms with Gasteiger partial charge in [-0.1, -0.05) is 24.3 Å². The molecular weight excluding hydrogens is 434 g/mol. The van der Waals surface area contributed by atoms with Crippen LogP contribution >= 0.6 is 0 Å². The van der Waals surface area contributed by atoms with Crippen LogP contribution in [-0.2, 0) is 26.1 Å². The third-order valence-electron chi connectivity index (χ3n) is 4.56. The van der Waals surface area contributed by atoms with Gasteiger partial charge in [0.15, 0.2) is 12.4 Å². The van der Waals surface area contributed by atoms with Crippen molar-refractivity contribution >= 4 is 27.6 Å². The second-order valence-corrected chi connectivity index (χ2v) is 8.45. The summed E-state index contributed by atoms with van der Waals surface area (Å²) in [5.41, 5.74) is 0.740. The Balaban J connectivity index is 1.78. The number of anilines is 1. The molecule has 0 N–H and O–H groups in total. The van der Waals surface area contributed by atoms with Crippen LogP contribution in [0.3, 0.4) is 0 Å². The Labute approximate surface area is 186 Å². The van der Waals surface area contributed by atoms with Crippen LogP contribution in [0.5, 0.6) is 0 Å². The molecular formula is C23H23NO7S. The molecule has 1 heterocycles. The Morgan fingerprint density at radius 2 is 1.69 bits per heavy atom. The van der Waals surface area contributed by atoms with Gasteiger partial charge in [-0.25, -0.2) is 18.0 Å². The number of ether oxygens (including phenoxy) is 2. The Kier molecular flexibility index (Phi) is 7.32. The van der Waals surface area contributed by atoms with Gasteiger partial charge in [-0.2, -0.15) is 0 Å². The minimum absolute atomic E-state index is 0.0390. The lowest BCUT2D eigenvalue weighted by Gasteiger charge is -2.23. The molecule has 2 aromatic carbocycles. The number of para-hydroxylation sites is 1. The monoisotopic (exact) mass is 457 g/mol. The second-order valence-electron chi connectivity index (χ2n) is 6.59. The summed E-state index contributed by atoms with van der Waals surface area (Å²) in [5.74, 6) is -1.20. The van der Waals surface area contributed by atoms with E-state index in [4.69, 9.17) is 13.9 Å². The molecule has 0 aliphatic rings. The van der Waals surface area contributed by atoms with Crippen LogP contribution < -0.4 is 4.31 Å². The van der Waals surface area contributed by atoms with Gasteiger partial charge in [0, 0.05) is 6.54 Å². The largest absolute Gasteiger partial charge is 0.465 e. The van der Waals surface area contributed by atoms with Crippen LogP contribution in [0, 0.1) is 0 Å². The molecule has 168 valence electrons. The van der Waals surface area contributed by atoms with E-state index in [-0.39, 0.29) is 41.5 Å². The van der Waals surface area contributed by atoms with Crippen molar-refractivity contribution in [2.24, 2.45) is 0 Å². The smallest absolute Gasteiger partial charge is 0.341 e. The van der Waals surface area contributed by atoms with Crippen molar-refractivity contribution in [2.75, 3.05) is 17.5 Å². The van der Waals surface area contributed by atoms with Crippen LogP contribution in [0.15, 0.2) is 76.2 Å². The molecule has 1 aromatic heterocycles. The number of furan rings is 1. The zero-order chi connectivity index (χ0) is 23.1. The summed E-state index contributed by atoms with van der Waals surface area (Å²) < 4.78 is 43.0. The Morgan fingerprint density at radius 1 is 0.938 bits per heavy atom. The number of esters is 2. The average molecular weight is 458 g/mol. The Bertz CT molecular complexity index is 1190. The van der Waals surface area contributed by atoms with Crippen molar-refractivity contribution in [3.63, 3.8) is 0 Å². The van der Waals surface area contributed by atoms with E-state index >= 15 is 0 Å². The molecule has 0 spiro atoms. The van der Waals surface area contributed by atoms with E-state index in [9.17, 15) is 18.0 Å². The fraction of sp³-hybridized carbons (Fsp3) is 0.217. The van der Waals surface area contributed by atoms with E-state index in [0.29, 0.717) is 5.69 Å². The van der Waals surface area contributed by atoms with Crippen molar-refractivity contribution in [1.29, 1.82) is 0 Å². The van der Waals surface area contributed by atoms with Gasteiger partial charge in [-0.15, -0.1) is 0 Å². The first kappa shape index (κ1) is 23.1. The molecule has 0 atom stereocenters. The zero-order valence-corrected chi connectivity index (χ0v) is 18.5. The van der Waals surface area contributed by atoms with Gasteiger partial charge in [-0.3, -0.25) is 4.31 Å². The van der Waals surface area contributed by atoms with Gasteiger partial charge in [0.2, 0.25) is 0 Å². The molecule has 0 saturated heterocycles. The standard InChI is InChI=1S/C23H23NO7S/c1-3-24(18-10-6-5-7-11-18)32(27,28)19-12-8-9-17(15-19)22(25)31-16-21-20(13-14-30-21)23(26)29-4-2/h5-15H,3-4,16H2,1-2H3. The minimum atomic E-state index is -3.90. The van der Waals surface area contributed by atoms with E-state index in [2.05, 4.69) is 0 Å². The van der Waals surface area contributed by atoms with Crippen LogP contribution in [0.25, 0.3) is 0 Å². The third kappa shape index (κ3) is 5.00. The molecule has 0 radical (unpaired) electrons. The number of hydrogen-bond acceptors (Lipinski definition) is 7. The van der Waals surface area contributed by atoms with Crippen molar-refractivity contribution < 1.29 is 31.9 Å². The van der Waals surface area contributed by atoms with Gasteiger partial charge in [-0.05, 0) is 50.2 Å². The molecule has 0 aliphatic carbocycles. The molecule has 8 nitrogen and oxygen atoms in total. The average Bonchev–Trinajstić information content (AvgIpc) is 3.27. The molecule has 0 aliphatic heterocycles. The predicted molar refractivity (Wildman–Crippen MR) is 117 cm³/mol. The Morgan fingerprint density at radius 3 is 2.38 bits per heavy atom. The molecule has 0 fully saturated rings. The Hall–Kier alpha value is -3.59. The number of carbonyl (C=O) groups is 2. The summed E-state index contributed by atoms with van der Waals surface area (Å²) in [6.07, 6.45) is 1.30. The minimum Gasteiger partial charge on any atom is -0.465 e. The highest BCUT2D eigenvalue weighted by molar-refractivity contribution is 7.92. The summed E-state index contributed by atoms with van der Waals surface area (Å²) in [7, 11) is -3.90. The lowest BCUT2D eigenvalue weighted by Crippen LogP contribution is -2.30. The van der Waals surface area contributed by atoms with E-state index in [0.717, 1.165) is 0 Å². The molecule has 0 saturated carbocycles. The molecule has 32 heavy (non-hydrogen) atoms. The predicted octanol–water partition coefficient (Wildman–Crippen LogP) is 4.03. The number of nitrogens with zero attached hydrogens (tertiary/aromatic N) is 1. The summed E-state index contributed by atoms with van der Waals surface area (Å²) in [5, 5.41) is 0.